The van der Waals surface area contributed by atoms with Gasteiger partial charge in [-0.2, -0.15) is 13.2 Å². The van der Waals surface area contributed by atoms with Gasteiger partial charge in [-0.1, -0.05) is 32.0 Å². The summed E-state index contributed by atoms with van der Waals surface area (Å²) in [5.74, 6) is 0.221. The van der Waals surface area contributed by atoms with E-state index in [0.717, 1.165) is 17.3 Å². The van der Waals surface area contributed by atoms with Crippen LogP contribution in [0.25, 0.3) is 11.4 Å². The number of aromatic nitrogens is 2. The van der Waals surface area contributed by atoms with E-state index in [1.54, 1.807) is 32.9 Å². The first-order valence-corrected chi connectivity index (χ1v) is 8.59. The molecule has 5 nitrogen and oxygen atoms in total. The summed E-state index contributed by atoms with van der Waals surface area (Å²) in [6, 6.07) is 5.31. The van der Waals surface area contributed by atoms with Crippen molar-refractivity contribution in [1.82, 2.24) is 15.3 Å². The van der Waals surface area contributed by atoms with E-state index in [0.29, 0.717) is 5.56 Å². The number of benzene rings is 1. The Hall–Kier alpha value is -2.51. The molecule has 8 heteroatoms. The van der Waals surface area contributed by atoms with Crippen molar-refractivity contribution >= 4 is 6.09 Å². The van der Waals surface area contributed by atoms with E-state index in [1.165, 1.54) is 0 Å². The lowest BCUT2D eigenvalue weighted by atomic mass is 9.94. The van der Waals surface area contributed by atoms with Crippen LogP contribution in [0.4, 0.5) is 18.0 Å². The van der Waals surface area contributed by atoms with Crippen molar-refractivity contribution in [1.29, 1.82) is 0 Å². The highest BCUT2D eigenvalue weighted by molar-refractivity contribution is 5.68. The van der Waals surface area contributed by atoms with Crippen LogP contribution in [0, 0.1) is 0 Å². The van der Waals surface area contributed by atoms with Crippen molar-refractivity contribution in [2.75, 3.05) is 0 Å². The second-order valence-electron chi connectivity index (χ2n) is 7.57. The molecule has 0 aliphatic carbocycles. The van der Waals surface area contributed by atoms with E-state index in [9.17, 15) is 18.0 Å². The number of H-pyrrole nitrogens is 1. The van der Waals surface area contributed by atoms with Crippen molar-refractivity contribution in [2.24, 2.45) is 0 Å². The zero-order valence-electron chi connectivity index (χ0n) is 16.0. The number of halogens is 3. The van der Waals surface area contributed by atoms with E-state index in [1.807, 2.05) is 19.9 Å². The first-order chi connectivity index (χ1) is 12.4. The van der Waals surface area contributed by atoms with Gasteiger partial charge >= 0.3 is 12.3 Å². The normalized spacial score (nSPS) is 12.3. The molecule has 0 spiro atoms. The maximum Gasteiger partial charge on any atom is 0.432 e. The number of hydrogen-bond acceptors (Lipinski definition) is 3. The van der Waals surface area contributed by atoms with Gasteiger partial charge in [-0.3, -0.25) is 0 Å². The molecule has 0 fully saturated rings. The van der Waals surface area contributed by atoms with Crippen LogP contribution in [0.15, 0.2) is 24.4 Å². The highest BCUT2D eigenvalue weighted by atomic mass is 19.4. The van der Waals surface area contributed by atoms with Crippen LogP contribution < -0.4 is 5.32 Å². The first kappa shape index (κ1) is 20.8. The third-order valence-corrected chi connectivity index (χ3v) is 3.71. The third-order valence-electron chi connectivity index (χ3n) is 3.71. The Balaban J connectivity index is 2.22. The van der Waals surface area contributed by atoms with Crippen molar-refractivity contribution in [2.45, 2.75) is 58.9 Å². The Labute approximate surface area is 156 Å². The van der Waals surface area contributed by atoms with Crippen LogP contribution in [0.2, 0.25) is 0 Å². The Kier molecular flexibility index (Phi) is 5.87. The van der Waals surface area contributed by atoms with E-state index < -0.39 is 23.6 Å². The molecule has 2 N–H and O–H groups in total. The number of carbonyl (C=O) groups excluding carboxylic acids is 1. The second-order valence-corrected chi connectivity index (χ2v) is 7.57. The van der Waals surface area contributed by atoms with Gasteiger partial charge in [0.2, 0.25) is 0 Å². The SMILES string of the molecule is CC(C)c1cc(CNC(=O)OC(C)(C)C)ccc1-c1ncc(C(F)(F)F)[nH]1. The topological polar surface area (TPSA) is 67.0 Å². The number of amides is 1. The maximum atomic E-state index is 12.8. The Morgan fingerprint density at radius 1 is 1.26 bits per heavy atom. The number of carbonyl (C=O) groups is 1. The molecule has 0 radical (unpaired) electrons. The number of alkyl halides is 3. The van der Waals surface area contributed by atoms with Gasteiger partial charge in [-0.15, -0.1) is 0 Å². The van der Waals surface area contributed by atoms with Gasteiger partial charge < -0.3 is 15.0 Å². The van der Waals surface area contributed by atoms with Gasteiger partial charge in [-0.25, -0.2) is 9.78 Å². The molecule has 2 aromatic rings. The Bertz CT molecular complexity index is 805. The van der Waals surface area contributed by atoms with Gasteiger partial charge in [-0.05, 0) is 37.8 Å². The van der Waals surface area contributed by atoms with E-state index in [2.05, 4.69) is 15.3 Å². The summed E-state index contributed by atoms with van der Waals surface area (Å²) in [5.41, 5.74) is 0.772. The lowest BCUT2D eigenvalue weighted by Crippen LogP contribution is -2.32. The van der Waals surface area contributed by atoms with Crippen LogP contribution in [-0.4, -0.2) is 21.7 Å². The van der Waals surface area contributed by atoms with Gasteiger partial charge in [0.05, 0.1) is 6.20 Å². The second kappa shape index (κ2) is 7.62. The first-order valence-electron chi connectivity index (χ1n) is 8.59. The number of imidazole rings is 1. The van der Waals surface area contributed by atoms with Crippen molar-refractivity contribution in [3.05, 3.63) is 41.2 Å². The zero-order valence-corrected chi connectivity index (χ0v) is 16.0. The van der Waals surface area contributed by atoms with Crippen molar-refractivity contribution < 1.29 is 22.7 Å². The molecule has 0 atom stereocenters. The van der Waals surface area contributed by atoms with Crippen LogP contribution in [0.5, 0.6) is 0 Å². The van der Waals surface area contributed by atoms with Crippen molar-refractivity contribution in [3.8, 4) is 11.4 Å². The molecule has 27 heavy (non-hydrogen) atoms. The third kappa shape index (κ3) is 5.74. The van der Waals surface area contributed by atoms with Crippen LogP contribution in [0.3, 0.4) is 0 Å². The summed E-state index contributed by atoms with van der Waals surface area (Å²) < 4.78 is 43.6. The van der Waals surface area contributed by atoms with Gasteiger partial charge in [0.25, 0.3) is 0 Å². The lowest BCUT2D eigenvalue weighted by molar-refractivity contribution is -0.140. The number of ether oxygens (including phenoxy) is 1. The fourth-order valence-corrected chi connectivity index (χ4v) is 2.51. The molecule has 0 saturated carbocycles. The fourth-order valence-electron chi connectivity index (χ4n) is 2.51. The molecule has 0 aliphatic heterocycles. The number of nitrogens with zero attached hydrogens (tertiary/aromatic N) is 1. The van der Waals surface area contributed by atoms with Gasteiger partial charge in [0.1, 0.15) is 17.1 Å². The molecular weight excluding hydrogens is 359 g/mol. The highest BCUT2D eigenvalue weighted by Crippen LogP contribution is 2.32. The minimum absolute atomic E-state index is 0.0564. The predicted molar refractivity (Wildman–Crippen MR) is 96.2 cm³/mol. The van der Waals surface area contributed by atoms with Crippen molar-refractivity contribution in [3.63, 3.8) is 0 Å². The van der Waals surface area contributed by atoms with Crippen LogP contribution in [-0.2, 0) is 17.5 Å². The number of hydrogen-bond donors (Lipinski definition) is 2. The number of aromatic amines is 1. The molecule has 1 aromatic heterocycles. The van der Waals surface area contributed by atoms with Gasteiger partial charge in [0.15, 0.2) is 0 Å². The molecule has 0 bridgehead atoms. The molecule has 0 saturated heterocycles. The summed E-state index contributed by atoms with van der Waals surface area (Å²) in [7, 11) is 0. The summed E-state index contributed by atoms with van der Waals surface area (Å²) in [4.78, 5) is 18.0. The van der Waals surface area contributed by atoms with Gasteiger partial charge in [0, 0.05) is 12.1 Å². The van der Waals surface area contributed by atoms with E-state index >= 15 is 0 Å². The average molecular weight is 383 g/mol. The maximum absolute atomic E-state index is 12.8. The minimum Gasteiger partial charge on any atom is -0.444 e. The number of rotatable bonds is 4. The molecule has 2 rings (SSSR count). The molecule has 1 amide bonds. The quantitative estimate of drug-likeness (QED) is 0.758. The standard InChI is InChI=1S/C19H24F3N3O2/c1-11(2)14-8-12(9-24-17(26)27-18(3,4)5)6-7-13(14)16-23-10-15(25-16)19(20,21)22/h6-8,10-11H,9H2,1-5H3,(H,23,25)(H,24,26). The summed E-state index contributed by atoms with van der Waals surface area (Å²) >= 11 is 0. The number of alkyl carbamates (subject to hydrolysis) is 1. The van der Waals surface area contributed by atoms with Crippen LogP contribution >= 0.6 is 0 Å². The average Bonchev–Trinajstić information content (AvgIpc) is 3.01. The lowest BCUT2D eigenvalue weighted by Gasteiger charge is -2.20. The molecule has 0 aliphatic rings. The predicted octanol–water partition coefficient (Wildman–Crippen LogP) is 5.24. The number of nitrogens with one attached hydrogen (secondary N) is 2. The monoisotopic (exact) mass is 383 g/mol. The molecule has 1 heterocycles. The largest absolute Gasteiger partial charge is 0.444 e. The zero-order chi connectivity index (χ0) is 20.4. The molecule has 0 unspecified atom stereocenters. The molecule has 148 valence electrons. The Morgan fingerprint density at radius 3 is 2.44 bits per heavy atom. The van der Waals surface area contributed by atoms with E-state index in [4.69, 9.17) is 4.74 Å². The fraction of sp³-hybridized carbons (Fsp3) is 0.474. The summed E-state index contributed by atoms with van der Waals surface area (Å²) in [6.45, 7) is 9.46. The minimum atomic E-state index is -4.47. The molecular formula is C19H24F3N3O2. The van der Waals surface area contributed by atoms with Crippen LogP contribution in [0.1, 0.15) is 57.4 Å². The Morgan fingerprint density at radius 2 is 1.93 bits per heavy atom. The summed E-state index contributed by atoms with van der Waals surface area (Å²) in [5, 5.41) is 2.67. The summed E-state index contributed by atoms with van der Waals surface area (Å²) in [6.07, 6.45) is -4.21. The van der Waals surface area contributed by atoms with E-state index in [-0.39, 0.29) is 18.3 Å². The highest BCUT2D eigenvalue weighted by Gasteiger charge is 2.33. The smallest absolute Gasteiger partial charge is 0.432 e. The molecule has 1 aromatic carbocycles.